The average molecular weight is 381 g/mol. The van der Waals surface area contributed by atoms with Gasteiger partial charge < -0.3 is 18.7 Å². The van der Waals surface area contributed by atoms with Crippen molar-refractivity contribution in [3.63, 3.8) is 0 Å². The van der Waals surface area contributed by atoms with Crippen molar-refractivity contribution >= 4 is 11.7 Å². The van der Waals surface area contributed by atoms with Crippen LogP contribution in [0, 0.1) is 0 Å². The van der Waals surface area contributed by atoms with E-state index < -0.39 is 0 Å². The summed E-state index contributed by atoms with van der Waals surface area (Å²) in [6, 6.07) is 7.25. The van der Waals surface area contributed by atoms with Gasteiger partial charge in [0.2, 0.25) is 0 Å². The molecule has 8 heteroatoms. The van der Waals surface area contributed by atoms with Crippen LogP contribution < -0.4 is 4.90 Å². The van der Waals surface area contributed by atoms with Crippen LogP contribution in [0.25, 0.3) is 11.5 Å². The van der Waals surface area contributed by atoms with Crippen molar-refractivity contribution in [2.75, 3.05) is 31.1 Å². The van der Waals surface area contributed by atoms with Gasteiger partial charge in [-0.15, -0.1) is 0 Å². The lowest BCUT2D eigenvalue weighted by atomic mass is 10.2. The van der Waals surface area contributed by atoms with Gasteiger partial charge in [0.15, 0.2) is 11.6 Å². The molecule has 146 valence electrons. The number of carbonyl (C=O) groups is 1. The van der Waals surface area contributed by atoms with E-state index in [0.29, 0.717) is 37.1 Å². The molecule has 1 fully saturated rings. The normalized spacial score (nSPS) is 14.9. The molecule has 0 aromatic carbocycles. The molecule has 4 rings (SSSR count). The van der Waals surface area contributed by atoms with E-state index in [2.05, 4.69) is 26.9 Å². The Hall–Kier alpha value is -3.16. The van der Waals surface area contributed by atoms with E-state index in [0.717, 1.165) is 37.2 Å². The molecule has 1 aliphatic rings. The van der Waals surface area contributed by atoms with E-state index in [1.54, 1.807) is 18.3 Å². The second-order valence-electron chi connectivity index (χ2n) is 6.75. The fourth-order valence-corrected chi connectivity index (χ4v) is 3.39. The summed E-state index contributed by atoms with van der Waals surface area (Å²) in [6.45, 7) is 4.83. The lowest BCUT2D eigenvalue weighted by Gasteiger charge is -2.23. The third-order valence-corrected chi connectivity index (χ3v) is 4.77. The first-order valence-electron chi connectivity index (χ1n) is 9.62. The summed E-state index contributed by atoms with van der Waals surface area (Å²) in [7, 11) is 0. The number of aromatic nitrogens is 3. The Bertz CT molecular complexity index is 922. The molecule has 3 aromatic rings. The summed E-state index contributed by atoms with van der Waals surface area (Å²) in [4.78, 5) is 25.7. The van der Waals surface area contributed by atoms with Crippen LogP contribution in [-0.4, -0.2) is 52.1 Å². The minimum absolute atomic E-state index is 0.0748. The molecule has 1 aliphatic heterocycles. The monoisotopic (exact) mass is 381 g/mol. The first kappa shape index (κ1) is 18.2. The molecular formula is C20H23N5O3. The molecular weight excluding hydrogens is 358 g/mol. The maximum Gasteiger partial charge on any atom is 0.289 e. The predicted molar refractivity (Wildman–Crippen MR) is 103 cm³/mol. The molecule has 1 saturated heterocycles. The number of aryl methyl sites for hydroxylation is 1. The second-order valence-corrected chi connectivity index (χ2v) is 6.75. The zero-order chi connectivity index (χ0) is 19.3. The van der Waals surface area contributed by atoms with E-state index in [9.17, 15) is 4.79 Å². The molecule has 0 spiro atoms. The Morgan fingerprint density at radius 2 is 2.11 bits per heavy atom. The van der Waals surface area contributed by atoms with Crippen LogP contribution in [0.1, 0.15) is 36.1 Å². The molecule has 3 aromatic heterocycles. The molecule has 4 heterocycles. The van der Waals surface area contributed by atoms with Gasteiger partial charge in [0.05, 0.1) is 11.8 Å². The summed E-state index contributed by atoms with van der Waals surface area (Å²) in [5, 5.41) is 4.06. The number of pyridine rings is 1. The second kappa shape index (κ2) is 8.24. The summed E-state index contributed by atoms with van der Waals surface area (Å²) >= 11 is 0. The molecule has 0 aliphatic carbocycles. The molecule has 0 saturated carbocycles. The Labute approximate surface area is 163 Å². The lowest BCUT2D eigenvalue weighted by molar-refractivity contribution is 0.0735. The first-order valence-corrected chi connectivity index (χ1v) is 9.62. The van der Waals surface area contributed by atoms with E-state index in [-0.39, 0.29) is 5.91 Å². The van der Waals surface area contributed by atoms with Crippen LogP contribution in [0.15, 0.2) is 45.7 Å². The number of hydrogen-bond acceptors (Lipinski definition) is 7. The molecule has 0 N–H and O–H groups in total. The predicted octanol–water partition coefficient (Wildman–Crippen LogP) is 3.03. The van der Waals surface area contributed by atoms with Gasteiger partial charge in [0.25, 0.3) is 11.8 Å². The van der Waals surface area contributed by atoms with Gasteiger partial charge in [-0.2, -0.15) is 4.98 Å². The summed E-state index contributed by atoms with van der Waals surface area (Å²) < 4.78 is 10.7. The molecule has 1 amide bonds. The Morgan fingerprint density at radius 1 is 1.18 bits per heavy atom. The molecule has 0 unspecified atom stereocenters. The zero-order valence-corrected chi connectivity index (χ0v) is 15.9. The highest BCUT2D eigenvalue weighted by molar-refractivity contribution is 5.91. The van der Waals surface area contributed by atoms with Gasteiger partial charge in [0.1, 0.15) is 5.82 Å². The topological polar surface area (TPSA) is 88.5 Å². The molecule has 0 bridgehead atoms. The number of anilines is 1. The quantitative estimate of drug-likeness (QED) is 0.671. The van der Waals surface area contributed by atoms with Gasteiger partial charge in [-0.05, 0) is 37.1 Å². The minimum Gasteiger partial charge on any atom is -0.459 e. The summed E-state index contributed by atoms with van der Waals surface area (Å²) in [5.74, 6) is 2.30. The van der Waals surface area contributed by atoms with Crippen LogP contribution >= 0.6 is 0 Å². The van der Waals surface area contributed by atoms with Gasteiger partial charge in [-0.1, -0.05) is 12.1 Å². The summed E-state index contributed by atoms with van der Waals surface area (Å²) in [5.41, 5.74) is 0.822. The van der Waals surface area contributed by atoms with E-state index in [1.165, 1.54) is 6.26 Å². The van der Waals surface area contributed by atoms with Crippen molar-refractivity contribution in [2.45, 2.75) is 26.2 Å². The SMILES string of the molecule is CCCc1noc(-c2cccnc2N2CCCN(C(=O)c3ccco3)CC2)n1. The average Bonchev–Trinajstić information content (AvgIpc) is 3.36. The fraction of sp³-hybridized carbons (Fsp3) is 0.400. The first-order chi connectivity index (χ1) is 13.8. The van der Waals surface area contributed by atoms with Crippen molar-refractivity contribution in [2.24, 2.45) is 0 Å². The van der Waals surface area contributed by atoms with Gasteiger partial charge >= 0.3 is 0 Å². The highest BCUT2D eigenvalue weighted by atomic mass is 16.5. The standard InChI is InChI=1S/C20H23N5O3/c1-2-6-17-22-19(28-23-17)15-7-3-9-21-18(15)24-10-5-11-25(13-12-24)20(26)16-8-4-14-27-16/h3-4,7-9,14H,2,5-6,10-13H2,1H3. The van der Waals surface area contributed by atoms with Gasteiger partial charge in [-0.3, -0.25) is 4.79 Å². The van der Waals surface area contributed by atoms with E-state index >= 15 is 0 Å². The van der Waals surface area contributed by atoms with Crippen molar-refractivity contribution in [1.29, 1.82) is 0 Å². The molecule has 8 nitrogen and oxygen atoms in total. The van der Waals surface area contributed by atoms with Crippen molar-refractivity contribution < 1.29 is 13.7 Å². The third kappa shape index (κ3) is 3.76. The zero-order valence-electron chi connectivity index (χ0n) is 15.9. The number of furan rings is 1. The largest absolute Gasteiger partial charge is 0.459 e. The molecule has 0 radical (unpaired) electrons. The van der Waals surface area contributed by atoms with Crippen molar-refractivity contribution in [1.82, 2.24) is 20.0 Å². The summed E-state index contributed by atoms with van der Waals surface area (Å²) in [6.07, 6.45) is 5.87. The molecule has 28 heavy (non-hydrogen) atoms. The van der Waals surface area contributed by atoms with Crippen LogP contribution in [-0.2, 0) is 6.42 Å². The number of nitrogens with zero attached hydrogens (tertiary/aromatic N) is 5. The Balaban J connectivity index is 1.52. The third-order valence-electron chi connectivity index (χ3n) is 4.77. The van der Waals surface area contributed by atoms with Crippen molar-refractivity contribution in [3.8, 4) is 11.5 Å². The molecule has 0 atom stereocenters. The van der Waals surface area contributed by atoms with Crippen LogP contribution in [0.5, 0.6) is 0 Å². The minimum atomic E-state index is -0.0748. The number of carbonyl (C=O) groups excluding carboxylic acids is 1. The highest BCUT2D eigenvalue weighted by Crippen LogP contribution is 2.28. The number of rotatable bonds is 5. The fourth-order valence-electron chi connectivity index (χ4n) is 3.39. The van der Waals surface area contributed by atoms with E-state index in [1.807, 2.05) is 17.0 Å². The maximum atomic E-state index is 12.6. The van der Waals surface area contributed by atoms with Gasteiger partial charge in [0, 0.05) is 38.8 Å². The van der Waals surface area contributed by atoms with Crippen LogP contribution in [0.3, 0.4) is 0 Å². The van der Waals surface area contributed by atoms with Crippen LogP contribution in [0.2, 0.25) is 0 Å². The van der Waals surface area contributed by atoms with Crippen molar-refractivity contribution in [3.05, 3.63) is 48.3 Å². The number of amides is 1. The highest BCUT2D eigenvalue weighted by Gasteiger charge is 2.25. The maximum absolute atomic E-state index is 12.6. The lowest BCUT2D eigenvalue weighted by Crippen LogP contribution is -2.35. The smallest absolute Gasteiger partial charge is 0.289 e. The van der Waals surface area contributed by atoms with E-state index in [4.69, 9.17) is 8.94 Å². The Kier molecular flexibility index (Phi) is 5.36. The Morgan fingerprint density at radius 3 is 2.93 bits per heavy atom. The number of hydrogen-bond donors (Lipinski definition) is 0. The van der Waals surface area contributed by atoms with Gasteiger partial charge in [-0.25, -0.2) is 4.98 Å². The van der Waals surface area contributed by atoms with Crippen LogP contribution in [0.4, 0.5) is 5.82 Å².